The van der Waals surface area contributed by atoms with Crippen molar-refractivity contribution < 1.29 is 8.42 Å². The number of rotatable bonds is 6. The molecular weight excluding hydrogens is 212 g/mol. The molecule has 5 heteroatoms. The summed E-state index contributed by atoms with van der Waals surface area (Å²) in [6, 6.07) is 0. The molecule has 0 radical (unpaired) electrons. The molecule has 2 N–H and O–H groups in total. The van der Waals surface area contributed by atoms with Gasteiger partial charge < -0.3 is 5.32 Å². The van der Waals surface area contributed by atoms with Crippen LogP contribution in [0.15, 0.2) is 0 Å². The third-order valence-electron chi connectivity index (χ3n) is 3.57. The number of fused-ring (bicyclic) bond motifs is 1. The summed E-state index contributed by atoms with van der Waals surface area (Å²) < 4.78 is 25.8. The standard InChI is InChI=1S/C10H20N2O2S/c1-2-3-4-15(13,14)12-7-10-8-5-11-6-9(8)10/h8-12H,2-7H2,1H3. The Morgan fingerprint density at radius 2 is 2.00 bits per heavy atom. The van der Waals surface area contributed by atoms with Gasteiger partial charge in [0.25, 0.3) is 0 Å². The summed E-state index contributed by atoms with van der Waals surface area (Å²) >= 11 is 0. The molecule has 15 heavy (non-hydrogen) atoms. The molecule has 1 aliphatic heterocycles. The number of hydrogen-bond donors (Lipinski definition) is 2. The van der Waals surface area contributed by atoms with Crippen LogP contribution in [0, 0.1) is 17.8 Å². The molecule has 1 heterocycles. The molecule has 0 aromatic carbocycles. The van der Waals surface area contributed by atoms with Crippen LogP contribution in [0.2, 0.25) is 0 Å². The van der Waals surface area contributed by atoms with E-state index in [1.807, 2.05) is 6.92 Å². The van der Waals surface area contributed by atoms with E-state index in [0.29, 0.717) is 12.5 Å². The van der Waals surface area contributed by atoms with E-state index in [2.05, 4.69) is 10.0 Å². The zero-order valence-corrected chi connectivity index (χ0v) is 10.0. The molecule has 0 bridgehead atoms. The van der Waals surface area contributed by atoms with E-state index in [1.54, 1.807) is 0 Å². The fourth-order valence-electron chi connectivity index (χ4n) is 2.48. The molecule has 0 amide bonds. The zero-order chi connectivity index (χ0) is 10.9. The summed E-state index contributed by atoms with van der Waals surface area (Å²) in [6.45, 7) is 4.81. The minimum atomic E-state index is -3.00. The van der Waals surface area contributed by atoms with Crippen LogP contribution in [-0.4, -0.2) is 33.8 Å². The van der Waals surface area contributed by atoms with Gasteiger partial charge in [-0.25, -0.2) is 13.1 Å². The SMILES string of the molecule is CCCCS(=O)(=O)NCC1C2CNCC21. The van der Waals surface area contributed by atoms with Crippen LogP contribution in [-0.2, 0) is 10.0 Å². The highest BCUT2D eigenvalue weighted by molar-refractivity contribution is 7.89. The Hall–Kier alpha value is -0.130. The molecule has 2 unspecified atom stereocenters. The Bertz CT molecular complexity index is 305. The van der Waals surface area contributed by atoms with Crippen molar-refractivity contribution >= 4 is 10.0 Å². The first-order valence-corrected chi connectivity index (χ1v) is 7.47. The molecule has 0 aromatic heterocycles. The van der Waals surface area contributed by atoms with Gasteiger partial charge in [-0.2, -0.15) is 0 Å². The molecule has 2 fully saturated rings. The first kappa shape index (κ1) is 11.4. The van der Waals surface area contributed by atoms with Crippen molar-refractivity contribution in [3.05, 3.63) is 0 Å². The minimum absolute atomic E-state index is 0.282. The van der Waals surface area contributed by atoms with Crippen LogP contribution < -0.4 is 10.0 Å². The van der Waals surface area contributed by atoms with Gasteiger partial charge in [0.1, 0.15) is 0 Å². The van der Waals surface area contributed by atoms with E-state index in [4.69, 9.17) is 0 Å². The molecule has 2 atom stereocenters. The smallest absolute Gasteiger partial charge is 0.211 e. The summed E-state index contributed by atoms with van der Waals surface area (Å²) in [5.41, 5.74) is 0. The molecule has 88 valence electrons. The monoisotopic (exact) mass is 232 g/mol. The van der Waals surface area contributed by atoms with Crippen LogP contribution in [0.1, 0.15) is 19.8 Å². The van der Waals surface area contributed by atoms with Gasteiger partial charge in [0.15, 0.2) is 0 Å². The second kappa shape index (κ2) is 4.39. The van der Waals surface area contributed by atoms with E-state index >= 15 is 0 Å². The first-order chi connectivity index (χ1) is 7.14. The molecular formula is C10H20N2O2S. The first-order valence-electron chi connectivity index (χ1n) is 5.82. The zero-order valence-electron chi connectivity index (χ0n) is 9.20. The summed E-state index contributed by atoms with van der Waals surface area (Å²) in [5.74, 6) is 2.35. The highest BCUT2D eigenvalue weighted by Gasteiger charge is 2.52. The lowest BCUT2D eigenvalue weighted by Gasteiger charge is -2.07. The van der Waals surface area contributed by atoms with Crippen molar-refractivity contribution in [3.8, 4) is 0 Å². The normalized spacial score (nSPS) is 34.1. The lowest BCUT2D eigenvalue weighted by atomic mass is 10.3. The Kier molecular flexibility index (Phi) is 3.33. The van der Waals surface area contributed by atoms with E-state index in [-0.39, 0.29) is 5.75 Å². The molecule has 2 aliphatic rings. The van der Waals surface area contributed by atoms with Crippen LogP contribution in [0.5, 0.6) is 0 Å². The van der Waals surface area contributed by atoms with Gasteiger partial charge in [-0.15, -0.1) is 0 Å². The summed E-state index contributed by atoms with van der Waals surface area (Å²) in [6.07, 6.45) is 1.69. The second-order valence-corrected chi connectivity index (χ2v) is 6.60. The van der Waals surface area contributed by atoms with Gasteiger partial charge in [0.05, 0.1) is 5.75 Å². The Labute approximate surface area is 91.9 Å². The predicted octanol–water partition coefficient (Wildman–Crippen LogP) is 0.171. The van der Waals surface area contributed by atoms with Crippen molar-refractivity contribution in [1.82, 2.24) is 10.0 Å². The molecule has 0 spiro atoms. The van der Waals surface area contributed by atoms with Gasteiger partial charge >= 0.3 is 0 Å². The minimum Gasteiger partial charge on any atom is -0.316 e. The van der Waals surface area contributed by atoms with Gasteiger partial charge in [0.2, 0.25) is 10.0 Å². The summed E-state index contributed by atoms with van der Waals surface area (Å²) in [5, 5.41) is 3.31. The topological polar surface area (TPSA) is 58.2 Å². The average molecular weight is 232 g/mol. The predicted molar refractivity (Wildman–Crippen MR) is 60.0 cm³/mol. The number of unbranched alkanes of at least 4 members (excludes halogenated alkanes) is 1. The van der Waals surface area contributed by atoms with E-state index < -0.39 is 10.0 Å². The van der Waals surface area contributed by atoms with Gasteiger partial charge in [-0.05, 0) is 37.3 Å². The van der Waals surface area contributed by atoms with Crippen molar-refractivity contribution in [3.63, 3.8) is 0 Å². The number of nitrogens with one attached hydrogen (secondary N) is 2. The van der Waals surface area contributed by atoms with E-state index in [0.717, 1.165) is 37.8 Å². The fourth-order valence-corrected chi connectivity index (χ4v) is 3.74. The third-order valence-corrected chi connectivity index (χ3v) is 5.01. The quantitative estimate of drug-likeness (QED) is 0.686. The van der Waals surface area contributed by atoms with Crippen molar-refractivity contribution in [2.24, 2.45) is 17.8 Å². The average Bonchev–Trinajstić information content (AvgIpc) is 2.63. The largest absolute Gasteiger partial charge is 0.316 e. The number of piperidine rings is 1. The maximum Gasteiger partial charge on any atom is 0.211 e. The highest BCUT2D eigenvalue weighted by Crippen LogP contribution is 2.48. The van der Waals surface area contributed by atoms with Crippen LogP contribution in [0.25, 0.3) is 0 Å². The third kappa shape index (κ3) is 2.71. The van der Waals surface area contributed by atoms with Crippen LogP contribution >= 0.6 is 0 Å². The summed E-state index contributed by atoms with van der Waals surface area (Å²) in [7, 11) is -3.00. The number of sulfonamides is 1. The Morgan fingerprint density at radius 3 is 2.60 bits per heavy atom. The van der Waals surface area contributed by atoms with Crippen molar-refractivity contribution in [2.75, 3.05) is 25.4 Å². The molecule has 4 nitrogen and oxygen atoms in total. The second-order valence-electron chi connectivity index (χ2n) is 4.67. The summed E-state index contributed by atoms with van der Waals surface area (Å²) in [4.78, 5) is 0. The molecule has 1 saturated carbocycles. The fraction of sp³-hybridized carbons (Fsp3) is 1.00. The van der Waals surface area contributed by atoms with E-state index in [9.17, 15) is 8.42 Å². The lowest BCUT2D eigenvalue weighted by molar-refractivity contribution is 0.551. The molecule has 1 saturated heterocycles. The van der Waals surface area contributed by atoms with Gasteiger partial charge in [-0.3, -0.25) is 0 Å². The van der Waals surface area contributed by atoms with E-state index in [1.165, 1.54) is 0 Å². The van der Waals surface area contributed by atoms with Crippen molar-refractivity contribution in [1.29, 1.82) is 0 Å². The Balaban J connectivity index is 1.69. The maximum atomic E-state index is 11.5. The van der Waals surface area contributed by atoms with Gasteiger partial charge in [0, 0.05) is 6.54 Å². The molecule has 0 aromatic rings. The lowest BCUT2D eigenvalue weighted by Crippen LogP contribution is -2.30. The van der Waals surface area contributed by atoms with Gasteiger partial charge in [-0.1, -0.05) is 13.3 Å². The number of hydrogen-bond acceptors (Lipinski definition) is 3. The van der Waals surface area contributed by atoms with Crippen LogP contribution in [0.4, 0.5) is 0 Å². The highest BCUT2D eigenvalue weighted by atomic mass is 32.2. The molecule has 2 rings (SSSR count). The van der Waals surface area contributed by atoms with Crippen molar-refractivity contribution in [2.45, 2.75) is 19.8 Å². The maximum absolute atomic E-state index is 11.5. The Morgan fingerprint density at radius 1 is 1.33 bits per heavy atom. The molecule has 1 aliphatic carbocycles. The van der Waals surface area contributed by atoms with Crippen LogP contribution in [0.3, 0.4) is 0 Å².